The normalized spacial score (nSPS) is 22.8. The van der Waals surface area contributed by atoms with Gasteiger partial charge in [0.2, 0.25) is 0 Å². The van der Waals surface area contributed by atoms with Crippen molar-refractivity contribution in [2.45, 2.75) is 51.1 Å². The van der Waals surface area contributed by atoms with E-state index in [0.29, 0.717) is 12.0 Å². The van der Waals surface area contributed by atoms with Crippen LogP contribution in [0.25, 0.3) is 0 Å². The third-order valence-corrected chi connectivity index (χ3v) is 6.16. The van der Waals surface area contributed by atoms with Gasteiger partial charge in [0, 0.05) is 28.3 Å². The van der Waals surface area contributed by atoms with Crippen molar-refractivity contribution in [1.29, 1.82) is 0 Å². The molecule has 0 unspecified atom stereocenters. The van der Waals surface area contributed by atoms with Gasteiger partial charge in [0.15, 0.2) is 11.5 Å². The largest absolute Gasteiger partial charge is 0.504 e. The molecule has 1 aliphatic heterocycles. The molecule has 1 aromatic heterocycles. The average Bonchev–Trinajstić information content (AvgIpc) is 2.91. The molecule has 0 spiro atoms. The number of nitrogens with one attached hydrogen (secondary N) is 1. The number of phenolic OH excluding ortho intramolecular Hbond substituents is 2. The minimum absolute atomic E-state index is 0.00168. The summed E-state index contributed by atoms with van der Waals surface area (Å²) in [6.45, 7) is 3.18. The molecule has 1 aliphatic carbocycles. The van der Waals surface area contributed by atoms with E-state index in [1.54, 1.807) is 12.1 Å². The highest BCUT2D eigenvalue weighted by Crippen LogP contribution is 2.46. The summed E-state index contributed by atoms with van der Waals surface area (Å²) in [5, 5.41) is 23.4. The van der Waals surface area contributed by atoms with Gasteiger partial charge in [0.1, 0.15) is 0 Å². The molecule has 2 heterocycles. The van der Waals surface area contributed by atoms with Crippen LogP contribution in [0.3, 0.4) is 0 Å². The summed E-state index contributed by atoms with van der Waals surface area (Å²) in [5.41, 5.74) is 3.79. The zero-order valence-corrected chi connectivity index (χ0v) is 13.5. The monoisotopic (exact) mass is 315 g/mol. The fourth-order valence-electron chi connectivity index (χ4n) is 3.94. The molecule has 1 aromatic carbocycles. The number of aromatic hydroxyl groups is 2. The number of benzene rings is 1. The number of fused-ring (bicyclic) bond motifs is 5. The van der Waals surface area contributed by atoms with Gasteiger partial charge in [-0.1, -0.05) is 13.3 Å². The molecule has 116 valence electrons. The molecule has 2 aromatic rings. The minimum atomic E-state index is -0.00413. The van der Waals surface area contributed by atoms with Crippen LogP contribution in [-0.2, 0) is 19.4 Å². The van der Waals surface area contributed by atoms with E-state index in [9.17, 15) is 10.2 Å². The number of phenols is 2. The van der Waals surface area contributed by atoms with E-state index in [2.05, 4.69) is 18.3 Å². The van der Waals surface area contributed by atoms with Crippen LogP contribution in [0.5, 0.6) is 11.5 Å². The third-order valence-electron chi connectivity index (χ3n) is 4.95. The molecule has 0 fully saturated rings. The van der Waals surface area contributed by atoms with Crippen LogP contribution in [0.4, 0.5) is 0 Å². The first kappa shape index (κ1) is 14.1. The lowest BCUT2D eigenvalue weighted by molar-refractivity contribution is 0.382. The molecule has 0 bridgehead atoms. The highest BCUT2D eigenvalue weighted by Gasteiger charge is 2.36. The SMILES string of the molecule is CCCc1cc2c(s1)CN[C@@H]1CCc3cc(O)c(O)cc3[C@H]21. The molecule has 3 nitrogen and oxygen atoms in total. The molecule has 4 rings (SSSR count). The zero-order chi connectivity index (χ0) is 15.3. The van der Waals surface area contributed by atoms with Gasteiger partial charge in [0.05, 0.1) is 0 Å². The first-order chi connectivity index (χ1) is 10.7. The van der Waals surface area contributed by atoms with Gasteiger partial charge in [-0.15, -0.1) is 11.3 Å². The van der Waals surface area contributed by atoms with Crippen molar-refractivity contribution in [1.82, 2.24) is 5.32 Å². The van der Waals surface area contributed by atoms with E-state index in [1.807, 2.05) is 11.3 Å². The van der Waals surface area contributed by atoms with Crippen LogP contribution in [-0.4, -0.2) is 16.3 Å². The van der Waals surface area contributed by atoms with Crippen LogP contribution in [0.15, 0.2) is 18.2 Å². The summed E-state index contributed by atoms with van der Waals surface area (Å²) < 4.78 is 0. The highest BCUT2D eigenvalue weighted by atomic mass is 32.1. The first-order valence-corrected chi connectivity index (χ1v) is 8.88. The minimum Gasteiger partial charge on any atom is -0.504 e. The highest BCUT2D eigenvalue weighted by molar-refractivity contribution is 7.12. The summed E-state index contributed by atoms with van der Waals surface area (Å²) >= 11 is 1.92. The van der Waals surface area contributed by atoms with Gasteiger partial charge in [-0.2, -0.15) is 0 Å². The fourth-order valence-corrected chi connectivity index (χ4v) is 5.20. The maximum atomic E-state index is 9.94. The predicted molar refractivity (Wildman–Crippen MR) is 88.9 cm³/mol. The summed E-state index contributed by atoms with van der Waals surface area (Å²) in [5.74, 6) is 0.301. The second kappa shape index (κ2) is 5.28. The van der Waals surface area contributed by atoms with Crippen molar-refractivity contribution in [3.05, 3.63) is 44.6 Å². The lowest BCUT2D eigenvalue weighted by atomic mass is 9.74. The Morgan fingerprint density at radius 1 is 1.18 bits per heavy atom. The smallest absolute Gasteiger partial charge is 0.157 e. The third kappa shape index (κ3) is 2.13. The van der Waals surface area contributed by atoms with Crippen LogP contribution in [0, 0.1) is 0 Å². The standard InChI is InChI=1S/C18H21NO2S/c1-2-3-11-7-13-17(22-11)9-19-14-5-4-10-6-15(20)16(21)8-12(10)18(13)14/h6-8,14,18-21H,2-5,9H2,1H3/t14-,18-/m1/s1. The van der Waals surface area contributed by atoms with Crippen molar-refractivity contribution in [3.63, 3.8) is 0 Å². The molecule has 0 saturated heterocycles. The number of hydrogen-bond donors (Lipinski definition) is 3. The Morgan fingerprint density at radius 2 is 2.00 bits per heavy atom. The Kier molecular flexibility index (Phi) is 3.39. The molecule has 22 heavy (non-hydrogen) atoms. The van der Waals surface area contributed by atoms with E-state index in [1.165, 1.54) is 32.9 Å². The van der Waals surface area contributed by atoms with Crippen LogP contribution >= 0.6 is 11.3 Å². The van der Waals surface area contributed by atoms with E-state index < -0.39 is 0 Å². The molecule has 3 N–H and O–H groups in total. The number of hydrogen-bond acceptors (Lipinski definition) is 4. The zero-order valence-electron chi connectivity index (χ0n) is 12.7. The van der Waals surface area contributed by atoms with Gasteiger partial charge < -0.3 is 15.5 Å². The first-order valence-electron chi connectivity index (χ1n) is 8.07. The van der Waals surface area contributed by atoms with E-state index in [-0.39, 0.29) is 11.5 Å². The van der Waals surface area contributed by atoms with Crippen molar-refractivity contribution in [2.24, 2.45) is 0 Å². The molecule has 0 saturated carbocycles. The summed E-state index contributed by atoms with van der Waals surface area (Å²) in [4.78, 5) is 2.90. The summed E-state index contributed by atoms with van der Waals surface area (Å²) in [6.07, 6.45) is 4.35. The second-order valence-electron chi connectivity index (χ2n) is 6.38. The number of aryl methyl sites for hydroxylation is 2. The number of rotatable bonds is 2. The van der Waals surface area contributed by atoms with Crippen LogP contribution < -0.4 is 5.32 Å². The van der Waals surface area contributed by atoms with Crippen LogP contribution in [0.2, 0.25) is 0 Å². The lowest BCUT2D eigenvalue weighted by Gasteiger charge is -2.38. The van der Waals surface area contributed by atoms with E-state index in [4.69, 9.17) is 0 Å². The molecule has 2 aliphatic rings. The fraction of sp³-hybridized carbons (Fsp3) is 0.444. The predicted octanol–water partition coefficient (Wildman–Crippen LogP) is 3.66. The van der Waals surface area contributed by atoms with Crippen molar-refractivity contribution in [3.8, 4) is 11.5 Å². The Morgan fingerprint density at radius 3 is 2.82 bits per heavy atom. The maximum Gasteiger partial charge on any atom is 0.157 e. The molecular weight excluding hydrogens is 294 g/mol. The van der Waals surface area contributed by atoms with Gasteiger partial charge in [-0.25, -0.2) is 0 Å². The Balaban J connectivity index is 1.83. The van der Waals surface area contributed by atoms with Gasteiger partial charge in [-0.05, 0) is 54.2 Å². The topological polar surface area (TPSA) is 52.5 Å². The van der Waals surface area contributed by atoms with Gasteiger partial charge in [-0.3, -0.25) is 0 Å². The molecule has 0 amide bonds. The molecule has 0 radical (unpaired) electrons. The average molecular weight is 315 g/mol. The van der Waals surface area contributed by atoms with Crippen molar-refractivity contribution < 1.29 is 10.2 Å². The number of thiophene rings is 1. The molecule has 2 atom stereocenters. The van der Waals surface area contributed by atoms with E-state index in [0.717, 1.165) is 25.8 Å². The van der Waals surface area contributed by atoms with Gasteiger partial charge in [0.25, 0.3) is 0 Å². The Labute approximate surface area is 134 Å². The molecule has 4 heteroatoms. The molecular formula is C18H21NO2S. The lowest BCUT2D eigenvalue weighted by Crippen LogP contribution is -2.41. The van der Waals surface area contributed by atoms with Crippen molar-refractivity contribution >= 4 is 11.3 Å². The quantitative estimate of drug-likeness (QED) is 0.741. The van der Waals surface area contributed by atoms with Crippen LogP contribution in [0.1, 0.15) is 52.1 Å². The summed E-state index contributed by atoms with van der Waals surface area (Å²) in [6, 6.07) is 6.33. The van der Waals surface area contributed by atoms with E-state index >= 15 is 0 Å². The Bertz CT molecular complexity index is 722. The van der Waals surface area contributed by atoms with Gasteiger partial charge >= 0.3 is 0 Å². The maximum absolute atomic E-state index is 9.94. The second-order valence-corrected chi connectivity index (χ2v) is 7.61. The van der Waals surface area contributed by atoms with Crippen molar-refractivity contribution in [2.75, 3.05) is 0 Å². The Hall–Kier alpha value is -1.52. The summed E-state index contributed by atoms with van der Waals surface area (Å²) in [7, 11) is 0.